The molecule has 0 atom stereocenters. The van der Waals surface area contributed by atoms with Crippen LogP contribution in [0.2, 0.25) is 0 Å². The predicted octanol–water partition coefficient (Wildman–Crippen LogP) is 5.01. The van der Waals surface area contributed by atoms with Gasteiger partial charge in [0, 0.05) is 45.7 Å². The van der Waals surface area contributed by atoms with Crippen LogP contribution >= 0.6 is 22.9 Å². The number of rotatable bonds is 5. The number of carbonyl (C=O) groups is 2. The molecule has 2 aromatic rings. The van der Waals surface area contributed by atoms with Crippen LogP contribution in [-0.4, -0.2) is 32.1 Å². The van der Waals surface area contributed by atoms with E-state index in [9.17, 15) is 23.5 Å². The topological polar surface area (TPSA) is 80.2 Å². The fourth-order valence-electron chi connectivity index (χ4n) is 5.40. The lowest BCUT2D eigenvalue weighted by Gasteiger charge is -2.38. The van der Waals surface area contributed by atoms with Crippen molar-refractivity contribution in [2.75, 3.05) is 0 Å². The number of nitrogens with zero attached hydrogens (tertiary/aromatic N) is 2. The van der Waals surface area contributed by atoms with Crippen molar-refractivity contribution < 1.29 is 23.5 Å². The maximum atomic E-state index is 14.1. The predicted molar refractivity (Wildman–Crippen MR) is 114 cm³/mol. The zero-order chi connectivity index (χ0) is 21.9. The molecule has 1 saturated carbocycles. The van der Waals surface area contributed by atoms with Crippen LogP contribution in [0.4, 0.5) is 8.78 Å². The van der Waals surface area contributed by atoms with Gasteiger partial charge in [-0.2, -0.15) is 4.37 Å². The molecule has 4 aliphatic rings. The normalized spacial score (nSPS) is 24.4. The fraction of sp³-hybridized carbons (Fsp3) is 0.545. The zero-order valence-electron chi connectivity index (χ0n) is 17.0. The van der Waals surface area contributed by atoms with Crippen molar-refractivity contribution in [2.45, 2.75) is 64.2 Å². The van der Waals surface area contributed by atoms with Crippen LogP contribution in [0.5, 0.6) is 0 Å². The van der Waals surface area contributed by atoms with Crippen LogP contribution in [0, 0.1) is 18.8 Å². The van der Waals surface area contributed by atoms with Gasteiger partial charge in [-0.1, -0.05) is 0 Å². The summed E-state index contributed by atoms with van der Waals surface area (Å²) >= 11 is 2.47. The van der Waals surface area contributed by atoms with E-state index >= 15 is 0 Å². The minimum atomic E-state index is -2.74. The van der Waals surface area contributed by atoms with E-state index in [4.69, 9.17) is 0 Å². The molecule has 6 rings (SSSR count). The molecular weight excluding hydrogens is 442 g/mol. The Kier molecular flexibility index (Phi) is 5.08. The molecule has 1 fully saturated rings. The van der Waals surface area contributed by atoms with E-state index in [0.717, 1.165) is 36.8 Å². The molecule has 0 aliphatic heterocycles. The summed E-state index contributed by atoms with van der Waals surface area (Å²) in [4.78, 5) is 31.1. The molecule has 0 unspecified atom stereocenters. The molecule has 0 amide bonds. The van der Waals surface area contributed by atoms with Gasteiger partial charge in [0.15, 0.2) is 5.78 Å². The van der Waals surface area contributed by atoms with Gasteiger partial charge in [-0.25, -0.2) is 18.6 Å². The lowest BCUT2D eigenvalue weighted by Crippen LogP contribution is -2.34. The number of hydrogen-bond acceptors (Lipinski definition) is 6. The van der Waals surface area contributed by atoms with E-state index in [1.807, 2.05) is 0 Å². The van der Waals surface area contributed by atoms with Gasteiger partial charge in [0.2, 0.25) is 0 Å². The average molecular weight is 465 g/mol. The third-order valence-electron chi connectivity index (χ3n) is 6.75. The van der Waals surface area contributed by atoms with Crippen LogP contribution in [0.15, 0.2) is 11.1 Å². The first-order valence-electron chi connectivity index (χ1n) is 10.6. The van der Waals surface area contributed by atoms with Gasteiger partial charge in [0.05, 0.1) is 0 Å². The van der Waals surface area contributed by atoms with Crippen LogP contribution in [0.3, 0.4) is 0 Å². The first-order valence-corrected chi connectivity index (χ1v) is 12.1. The maximum absolute atomic E-state index is 14.1. The summed E-state index contributed by atoms with van der Waals surface area (Å²) in [7, 11) is 0. The molecule has 0 aromatic carbocycles. The van der Waals surface area contributed by atoms with Gasteiger partial charge < -0.3 is 5.11 Å². The number of aryl methyl sites for hydroxylation is 1. The van der Waals surface area contributed by atoms with Crippen molar-refractivity contribution in [1.82, 2.24) is 9.36 Å². The van der Waals surface area contributed by atoms with Crippen LogP contribution in [-0.2, 0) is 28.9 Å². The molecule has 31 heavy (non-hydrogen) atoms. The number of hydrogen-bond donors (Lipinski definition) is 1. The molecule has 2 aromatic heterocycles. The third-order valence-corrected chi connectivity index (χ3v) is 8.81. The Balaban J connectivity index is 1.56. The molecule has 1 N–H and O–H groups in total. The van der Waals surface area contributed by atoms with Crippen LogP contribution in [0.25, 0.3) is 10.6 Å². The first-order chi connectivity index (χ1) is 14.7. The smallest absolute Gasteiger partial charge is 0.332 e. The number of aromatic nitrogens is 2. The average Bonchev–Trinajstić information content (AvgIpc) is 3.29. The molecule has 0 radical (unpaired) electrons. The second kappa shape index (κ2) is 7.55. The SMILES string of the molecule is Cc1nsc(-c2c(CC(=O)C3=C(C(=O)O)C4CCC3CC4)sc3c2CCC(F)(F)C3)n1. The van der Waals surface area contributed by atoms with E-state index in [1.165, 1.54) is 22.9 Å². The molecule has 2 heterocycles. The molecular formula is C22H22F2N2O3S2. The summed E-state index contributed by atoms with van der Waals surface area (Å²) < 4.78 is 32.4. The Morgan fingerprint density at radius 3 is 2.45 bits per heavy atom. The number of carboxylic acid groups (broad SMARTS) is 1. The Morgan fingerprint density at radius 1 is 1.16 bits per heavy atom. The molecule has 0 saturated heterocycles. The highest BCUT2D eigenvalue weighted by molar-refractivity contribution is 7.14. The molecule has 4 aliphatic carbocycles. The largest absolute Gasteiger partial charge is 0.478 e. The minimum absolute atomic E-state index is 0.00487. The summed E-state index contributed by atoms with van der Waals surface area (Å²) in [6.07, 6.45) is 3.08. The monoisotopic (exact) mass is 464 g/mol. The van der Waals surface area contributed by atoms with Crippen molar-refractivity contribution in [3.8, 4) is 10.6 Å². The number of alkyl halides is 2. The Morgan fingerprint density at radius 2 is 1.84 bits per heavy atom. The fourth-order valence-corrected chi connectivity index (χ4v) is 7.67. The number of carbonyl (C=O) groups excluding carboxylic acids is 1. The van der Waals surface area contributed by atoms with Gasteiger partial charge in [-0.05, 0) is 68.0 Å². The highest BCUT2D eigenvalue weighted by Gasteiger charge is 2.42. The summed E-state index contributed by atoms with van der Waals surface area (Å²) in [5, 5.41) is 10.4. The van der Waals surface area contributed by atoms with E-state index in [2.05, 4.69) is 9.36 Å². The maximum Gasteiger partial charge on any atom is 0.332 e. The lowest BCUT2D eigenvalue weighted by atomic mass is 9.65. The molecule has 5 nitrogen and oxygen atoms in total. The lowest BCUT2D eigenvalue weighted by molar-refractivity contribution is -0.134. The Bertz CT molecular complexity index is 1110. The standard InChI is InChI=1S/C22H22F2N2O3S2/c1-10-25-20(31-26-10)19-13-6-7-22(23,24)9-16(13)30-15(19)8-14(27)17-11-2-4-12(5-3-11)18(17)21(28)29/h11-12H,2-9H2,1H3,(H,28,29). The number of ketones is 1. The zero-order valence-corrected chi connectivity index (χ0v) is 18.7. The number of thiophene rings is 1. The second-order valence-corrected chi connectivity index (χ2v) is 10.7. The highest BCUT2D eigenvalue weighted by Crippen LogP contribution is 2.48. The Hall–Kier alpha value is -2.00. The second-order valence-electron chi connectivity index (χ2n) is 8.76. The van der Waals surface area contributed by atoms with Crippen molar-refractivity contribution in [3.63, 3.8) is 0 Å². The quantitative estimate of drug-likeness (QED) is 0.673. The van der Waals surface area contributed by atoms with Gasteiger partial charge in [0.25, 0.3) is 5.92 Å². The summed E-state index contributed by atoms with van der Waals surface area (Å²) in [5.74, 6) is -3.37. The van der Waals surface area contributed by atoms with E-state index < -0.39 is 11.9 Å². The number of aliphatic carboxylic acids is 1. The van der Waals surface area contributed by atoms with Gasteiger partial charge in [-0.3, -0.25) is 4.79 Å². The first kappa shape index (κ1) is 20.9. The molecule has 2 bridgehead atoms. The van der Waals surface area contributed by atoms with Crippen molar-refractivity contribution >= 4 is 34.6 Å². The summed E-state index contributed by atoms with van der Waals surface area (Å²) in [6.45, 7) is 1.78. The molecule has 164 valence electrons. The van der Waals surface area contributed by atoms with Gasteiger partial charge in [-0.15, -0.1) is 11.3 Å². The number of halogens is 2. The summed E-state index contributed by atoms with van der Waals surface area (Å²) in [5.41, 5.74) is 2.38. The number of allylic oxidation sites excluding steroid dienone is 1. The minimum Gasteiger partial charge on any atom is -0.478 e. The van der Waals surface area contributed by atoms with Gasteiger partial charge in [0.1, 0.15) is 10.8 Å². The Labute approximate surface area is 186 Å². The molecule has 0 spiro atoms. The van der Waals surface area contributed by atoms with Crippen molar-refractivity contribution in [2.24, 2.45) is 11.8 Å². The van der Waals surface area contributed by atoms with E-state index in [1.54, 1.807) is 6.92 Å². The number of carboxylic acids is 1. The summed E-state index contributed by atoms with van der Waals surface area (Å²) in [6, 6.07) is 0. The molecule has 9 heteroatoms. The van der Waals surface area contributed by atoms with Crippen molar-refractivity contribution in [3.05, 3.63) is 32.3 Å². The van der Waals surface area contributed by atoms with E-state index in [0.29, 0.717) is 26.2 Å². The number of Topliss-reactive ketones (excluding diaryl/α,β-unsaturated/α-hetero) is 1. The highest BCUT2D eigenvalue weighted by atomic mass is 32.1. The third kappa shape index (κ3) is 3.65. The van der Waals surface area contributed by atoms with E-state index in [-0.39, 0.29) is 48.9 Å². The van der Waals surface area contributed by atoms with Gasteiger partial charge >= 0.3 is 5.97 Å². The van der Waals surface area contributed by atoms with Crippen LogP contribution < -0.4 is 0 Å². The number of fused-ring (bicyclic) bond motifs is 3. The van der Waals surface area contributed by atoms with Crippen molar-refractivity contribution in [1.29, 1.82) is 0 Å². The van der Waals surface area contributed by atoms with Crippen LogP contribution in [0.1, 0.15) is 53.2 Å².